The van der Waals surface area contributed by atoms with Crippen LogP contribution in [-0.4, -0.2) is 14.8 Å². The Hall–Kier alpha value is -2.49. The second kappa shape index (κ2) is 5.87. The number of pyridine rings is 1. The van der Waals surface area contributed by atoms with Gasteiger partial charge in [-0.1, -0.05) is 31.2 Å². The molecule has 0 spiro atoms. The van der Waals surface area contributed by atoms with Gasteiger partial charge in [-0.2, -0.15) is 5.10 Å². The van der Waals surface area contributed by atoms with Crippen LogP contribution in [0, 0.1) is 0 Å². The number of hydrogen-bond acceptors (Lipinski definition) is 3. The topological polar surface area (TPSA) is 47.8 Å². The molecule has 1 aromatic carbocycles. The van der Waals surface area contributed by atoms with E-state index in [0.29, 0.717) is 13.0 Å². The molecular weight excluding hydrogens is 262 g/mol. The Balaban J connectivity index is 1.99. The minimum atomic E-state index is -0.0290. The van der Waals surface area contributed by atoms with Crippen molar-refractivity contribution < 1.29 is 0 Å². The Bertz CT molecular complexity index is 809. The summed E-state index contributed by atoms with van der Waals surface area (Å²) in [5.74, 6) is 0. The van der Waals surface area contributed by atoms with Gasteiger partial charge in [-0.25, -0.2) is 4.68 Å². The molecule has 4 nitrogen and oxygen atoms in total. The van der Waals surface area contributed by atoms with Crippen molar-refractivity contribution in [3.63, 3.8) is 0 Å². The molecular formula is C17H17N3O. The molecule has 0 atom stereocenters. The summed E-state index contributed by atoms with van der Waals surface area (Å²) >= 11 is 0. The highest BCUT2D eigenvalue weighted by Gasteiger charge is 2.09. The average molecular weight is 279 g/mol. The maximum atomic E-state index is 12.5. The van der Waals surface area contributed by atoms with E-state index in [1.165, 1.54) is 0 Å². The van der Waals surface area contributed by atoms with E-state index in [1.54, 1.807) is 10.9 Å². The van der Waals surface area contributed by atoms with Crippen LogP contribution in [-0.2, 0) is 19.4 Å². The van der Waals surface area contributed by atoms with Crippen LogP contribution in [0.15, 0.2) is 53.5 Å². The predicted molar refractivity (Wildman–Crippen MR) is 83.3 cm³/mol. The van der Waals surface area contributed by atoms with Crippen molar-refractivity contribution in [1.82, 2.24) is 14.8 Å². The van der Waals surface area contributed by atoms with E-state index in [-0.39, 0.29) is 5.56 Å². The molecule has 0 fully saturated rings. The summed E-state index contributed by atoms with van der Waals surface area (Å²) in [7, 11) is 0. The average Bonchev–Trinajstić information content (AvgIpc) is 2.55. The fourth-order valence-corrected chi connectivity index (χ4v) is 2.48. The van der Waals surface area contributed by atoms with E-state index < -0.39 is 0 Å². The maximum Gasteiger partial charge on any atom is 0.274 e. The van der Waals surface area contributed by atoms with Gasteiger partial charge in [-0.05, 0) is 24.6 Å². The highest BCUT2D eigenvalue weighted by Crippen LogP contribution is 2.13. The van der Waals surface area contributed by atoms with Gasteiger partial charge in [0.05, 0.1) is 17.6 Å². The van der Waals surface area contributed by atoms with Crippen LogP contribution in [0.2, 0.25) is 0 Å². The van der Waals surface area contributed by atoms with E-state index in [1.807, 2.05) is 42.5 Å². The Morgan fingerprint density at radius 1 is 1.05 bits per heavy atom. The SMILES string of the molecule is CCc1nn(CCc2ccccn2)c(=O)c2ccccc12. The number of rotatable bonds is 4. The van der Waals surface area contributed by atoms with Crippen molar-refractivity contribution >= 4 is 10.8 Å². The van der Waals surface area contributed by atoms with Crippen molar-refractivity contribution in [3.05, 3.63) is 70.4 Å². The van der Waals surface area contributed by atoms with Gasteiger partial charge >= 0.3 is 0 Å². The van der Waals surface area contributed by atoms with Gasteiger partial charge in [0.25, 0.3) is 5.56 Å². The molecule has 0 aliphatic heterocycles. The predicted octanol–water partition coefficient (Wildman–Crippen LogP) is 2.60. The van der Waals surface area contributed by atoms with Gasteiger partial charge in [0.2, 0.25) is 0 Å². The summed E-state index contributed by atoms with van der Waals surface area (Å²) in [5, 5.41) is 6.21. The van der Waals surface area contributed by atoms with Gasteiger partial charge in [0.1, 0.15) is 0 Å². The van der Waals surface area contributed by atoms with Crippen LogP contribution in [0.4, 0.5) is 0 Å². The van der Waals surface area contributed by atoms with Gasteiger partial charge in [-0.3, -0.25) is 9.78 Å². The molecule has 0 N–H and O–H groups in total. The van der Waals surface area contributed by atoms with Gasteiger partial charge in [0, 0.05) is 23.7 Å². The molecule has 0 aliphatic carbocycles. The third-order valence-corrected chi connectivity index (χ3v) is 3.59. The Morgan fingerprint density at radius 3 is 2.52 bits per heavy atom. The quantitative estimate of drug-likeness (QED) is 0.737. The number of aryl methyl sites for hydroxylation is 3. The van der Waals surface area contributed by atoms with Crippen LogP contribution in [0.5, 0.6) is 0 Å². The van der Waals surface area contributed by atoms with Crippen LogP contribution < -0.4 is 5.56 Å². The molecule has 2 aromatic heterocycles. The van der Waals surface area contributed by atoms with E-state index in [9.17, 15) is 4.79 Å². The van der Waals surface area contributed by atoms with E-state index >= 15 is 0 Å². The molecule has 0 saturated heterocycles. The zero-order valence-corrected chi connectivity index (χ0v) is 12.0. The second-order valence-electron chi connectivity index (χ2n) is 4.95. The molecule has 0 aliphatic rings. The molecule has 0 bridgehead atoms. The lowest BCUT2D eigenvalue weighted by molar-refractivity contribution is 0.568. The summed E-state index contributed by atoms with van der Waals surface area (Å²) < 4.78 is 1.57. The molecule has 106 valence electrons. The third-order valence-electron chi connectivity index (χ3n) is 3.59. The number of hydrogen-bond donors (Lipinski definition) is 0. The summed E-state index contributed by atoms with van der Waals surface area (Å²) in [6, 6.07) is 13.5. The third kappa shape index (κ3) is 2.70. The lowest BCUT2D eigenvalue weighted by Crippen LogP contribution is -2.25. The Kier molecular flexibility index (Phi) is 3.77. The summed E-state index contributed by atoms with van der Waals surface area (Å²) in [6.45, 7) is 2.61. The first kappa shape index (κ1) is 13.5. The maximum absolute atomic E-state index is 12.5. The van der Waals surface area contributed by atoms with Crippen molar-refractivity contribution in [2.75, 3.05) is 0 Å². The van der Waals surface area contributed by atoms with Crippen molar-refractivity contribution in [3.8, 4) is 0 Å². The smallest absolute Gasteiger partial charge is 0.267 e. The minimum Gasteiger partial charge on any atom is -0.267 e. The lowest BCUT2D eigenvalue weighted by Gasteiger charge is -2.09. The fraction of sp³-hybridized carbons (Fsp3) is 0.235. The number of benzene rings is 1. The number of nitrogens with zero attached hydrogens (tertiary/aromatic N) is 3. The zero-order valence-electron chi connectivity index (χ0n) is 12.0. The largest absolute Gasteiger partial charge is 0.274 e. The number of fused-ring (bicyclic) bond motifs is 1. The highest BCUT2D eigenvalue weighted by atomic mass is 16.1. The molecule has 2 heterocycles. The monoisotopic (exact) mass is 279 g/mol. The van der Waals surface area contributed by atoms with Crippen LogP contribution in [0.3, 0.4) is 0 Å². The van der Waals surface area contributed by atoms with Gasteiger partial charge in [0.15, 0.2) is 0 Å². The van der Waals surface area contributed by atoms with Crippen LogP contribution in [0.25, 0.3) is 10.8 Å². The first-order chi connectivity index (χ1) is 10.3. The molecule has 4 heteroatoms. The first-order valence-electron chi connectivity index (χ1n) is 7.18. The fourth-order valence-electron chi connectivity index (χ4n) is 2.48. The van der Waals surface area contributed by atoms with Gasteiger partial charge < -0.3 is 0 Å². The number of aromatic nitrogens is 3. The zero-order chi connectivity index (χ0) is 14.7. The molecule has 21 heavy (non-hydrogen) atoms. The molecule has 0 amide bonds. The second-order valence-corrected chi connectivity index (χ2v) is 4.95. The van der Waals surface area contributed by atoms with E-state index in [2.05, 4.69) is 17.0 Å². The molecule has 0 saturated carbocycles. The molecule has 0 radical (unpaired) electrons. The van der Waals surface area contributed by atoms with Crippen molar-refractivity contribution in [2.45, 2.75) is 26.3 Å². The standard InChI is InChI=1S/C17H17N3O/c1-2-16-14-8-3-4-9-15(14)17(21)20(19-16)12-10-13-7-5-6-11-18-13/h3-9,11H,2,10,12H2,1H3. The summed E-state index contributed by atoms with van der Waals surface area (Å²) in [5.41, 5.74) is 1.90. The Morgan fingerprint density at radius 2 is 1.81 bits per heavy atom. The van der Waals surface area contributed by atoms with Crippen molar-refractivity contribution in [2.24, 2.45) is 0 Å². The molecule has 3 rings (SSSR count). The molecule has 3 aromatic rings. The summed E-state index contributed by atoms with van der Waals surface area (Å²) in [6.07, 6.45) is 3.28. The van der Waals surface area contributed by atoms with E-state index in [4.69, 9.17) is 0 Å². The minimum absolute atomic E-state index is 0.0290. The Labute approximate surface area is 123 Å². The normalized spacial score (nSPS) is 10.9. The molecule has 0 unspecified atom stereocenters. The van der Waals surface area contributed by atoms with Crippen molar-refractivity contribution in [1.29, 1.82) is 0 Å². The van der Waals surface area contributed by atoms with Crippen LogP contribution >= 0.6 is 0 Å². The highest BCUT2D eigenvalue weighted by molar-refractivity contribution is 5.83. The lowest BCUT2D eigenvalue weighted by atomic mass is 10.1. The summed E-state index contributed by atoms with van der Waals surface area (Å²) in [4.78, 5) is 16.8. The van der Waals surface area contributed by atoms with Crippen LogP contribution in [0.1, 0.15) is 18.3 Å². The van der Waals surface area contributed by atoms with E-state index in [0.717, 1.165) is 28.6 Å². The van der Waals surface area contributed by atoms with Gasteiger partial charge in [-0.15, -0.1) is 0 Å². The first-order valence-corrected chi connectivity index (χ1v) is 7.18.